The molecule has 20 heavy (non-hydrogen) atoms. The molecule has 0 radical (unpaired) electrons. The zero-order valence-electron chi connectivity index (χ0n) is 11.5. The quantitative estimate of drug-likeness (QED) is 0.795. The van der Waals surface area contributed by atoms with Crippen molar-refractivity contribution in [3.63, 3.8) is 0 Å². The minimum atomic E-state index is -1.16. The van der Waals surface area contributed by atoms with Crippen LogP contribution in [0.3, 0.4) is 0 Å². The summed E-state index contributed by atoms with van der Waals surface area (Å²) >= 11 is 5.79. The number of anilines is 1. The number of nitrogens with zero attached hydrogens (tertiary/aromatic N) is 1. The summed E-state index contributed by atoms with van der Waals surface area (Å²) in [5.74, 6) is -1.16. The predicted molar refractivity (Wildman–Crippen MR) is 76.4 cm³/mol. The van der Waals surface area contributed by atoms with Crippen molar-refractivity contribution in [2.45, 2.75) is 19.4 Å². The average molecular weight is 301 g/mol. The Morgan fingerprint density at radius 1 is 1.40 bits per heavy atom. The molecule has 2 amide bonds. The largest absolute Gasteiger partial charge is 0.478 e. The van der Waals surface area contributed by atoms with Gasteiger partial charge in [0, 0.05) is 12.1 Å². The van der Waals surface area contributed by atoms with Crippen molar-refractivity contribution in [1.82, 2.24) is 4.90 Å². The molecule has 1 aromatic carbocycles. The summed E-state index contributed by atoms with van der Waals surface area (Å²) in [6.07, 6.45) is 0. The van der Waals surface area contributed by atoms with Gasteiger partial charge < -0.3 is 20.4 Å². The molecular weight excluding hydrogens is 284 g/mol. The van der Waals surface area contributed by atoms with Gasteiger partial charge in [0.05, 0.1) is 23.4 Å². The Balaban J connectivity index is 2.90. The van der Waals surface area contributed by atoms with E-state index in [1.54, 1.807) is 13.8 Å². The number of rotatable bonds is 4. The van der Waals surface area contributed by atoms with Crippen molar-refractivity contribution in [1.29, 1.82) is 0 Å². The highest BCUT2D eigenvalue weighted by atomic mass is 35.5. The van der Waals surface area contributed by atoms with Gasteiger partial charge in [0.1, 0.15) is 0 Å². The fraction of sp³-hybridized carbons (Fsp3) is 0.385. The molecule has 3 N–H and O–H groups in total. The van der Waals surface area contributed by atoms with Crippen LogP contribution in [0.25, 0.3) is 0 Å². The first-order valence-electron chi connectivity index (χ1n) is 5.87. The summed E-state index contributed by atoms with van der Waals surface area (Å²) in [7, 11) is 1.50. The van der Waals surface area contributed by atoms with Crippen molar-refractivity contribution in [2.75, 3.05) is 18.9 Å². The van der Waals surface area contributed by atoms with Crippen LogP contribution in [0.1, 0.15) is 24.2 Å². The van der Waals surface area contributed by atoms with E-state index in [1.807, 2.05) is 0 Å². The lowest BCUT2D eigenvalue weighted by Crippen LogP contribution is -2.41. The summed E-state index contributed by atoms with van der Waals surface area (Å²) < 4.78 is 0. The number of carbonyl (C=O) groups excluding carboxylic acids is 1. The Morgan fingerprint density at radius 2 is 2.00 bits per heavy atom. The molecule has 1 aromatic rings. The van der Waals surface area contributed by atoms with Crippen LogP contribution < -0.4 is 5.32 Å². The molecule has 0 atom stereocenters. The number of benzene rings is 1. The standard InChI is InChI=1S/C13H17ClN2O4/c1-13(2,20)7-16(3)12(19)15-10-6-8(14)4-5-9(10)11(17)18/h4-6,20H,7H2,1-3H3,(H,15,19)(H,17,18). The fourth-order valence-corrected chi connectivity index (χ4v) is 1.84. The summed E-state index contributed by atoms with van der Waals surface area (Å²) in [6, 6.07) is 3.58. The van der Waals surface area contributed by atoms with Crippen LogP contribution in [-0.4, -0.2) is 46.3 Å². The van der Waals surface area contributed by atoms with E-state index in [4.69, 9.17) is 16.7 Å². The third kappa shape index (κ3) is 4.71. The van der Waals surface area contributed by atoms with E-state index in [2.05, 4.69) is 5.32 Å². The number of hydrogen-bond acceptors (Lipinski definition) is 3. The number of aromatic carboxylic acids is 1. The van der Waals surface area contributed by atoms with Crippen molar-refractivity contribution >= 4 is 29.3 Å². The first-order valence-corrected chi connectivity index (χ1v) is 6.25. The molecule has 0 spiro atoms. The zero-order valence-corrected chi connectivity index (χ0v) is 12.2. The second-order valence-corrected chi connectivity index (χ2v) is 5.53. The molecule has 0 aromatic heterocycles. The highest BCUT2D eigenvalue weighted by Gasteiger charge is 2.21. The number of likely N-dealkylation sites (N-methyl/N-ethyl adjacent to an activating group) is 1. The molecule has 0 fully saturated rings. The average Bonchev–Trinajstić information content (AvgIpc) is 2.26. The minimum Gasteiger partial charge on any atom is -0.478 e. The van der Waals surface area contributed by atoms with Gasteiger partial charge in [-0.25, -0.2) is 9.59 Å². The molecule has 1 rings (SSSR count). The zero-order chi connectivity index (χ0) is 15.5. The van der Waals surface area contributed by atoms with Gasteiger partial charge in [-0.3, -0.25) is 0 Å². The number of urea groups is 1. The molecule has 0 heterocycles. The number of aliphatic hydroxyl groups is 1. The maximum absolute atomic E-state index is 11.9. The molecule has 0 unspecified atom stereocenters. The van der Waals surface area contributed by atoms with Gasteiger partial charge in [-0.1, -0.05) is 11.6 Å². The highest BCUT2D eigenvalue weighted by molar-refractivity contribution is 6.31. The van der Waals surface area contributed by atoms with E-state index >= 15 is 0 Å². The molecule has 0 aliphatic heterocycles. The number of nitrogens with one attached hydrogen (secondary N) is 1. The van der Waals surface area contributed by atoms with Gasteiger partial charge in [-0.2, -0.15) is 0 Å². The first-order chi connectivity index (χ1) is 9.10. The normalized spacial score (nSPS) is 11.1. The molecule has 0 aliphatic carbocycles. The summed E-state index contributed by atoms with van der Waals surface area (Å²) in [5.41, 5.74) is -0.993. The van der Waals surface area contributed by atoms with Gasteiger partial charge in [0.2, 0.25) is 0 Å². The van der Waals surface area contributed by atoms with E-state index < -0.39 is 17.6 Å². The van der Waals surface area contributed by atoms with Gasteiger partial charge in [-0.15, -0.1) is 0 Å². The Labute approximate surface area is 122 Å². The lowest BCUT2D eigenvalue weighted by Gasteiger charge is -2.26. The van der Waals surface area contributed by atoms with E-state index in [0.29, 0.717) is 5.02 Å². The van der Waals surface area contributed by atoms with E-state index in [9.17, 15) is 14.7 Å². The van der Waals surface area contributed by atoms with Gasteiger partial charge in [-0.05, 0) is 32.0 Å². The number of carboxylic acid groups (broad SMARTS) is 1. The van der Waals surface area contributed by atoms with E-state index in [1.165, 1.54) is 30.1 Å². The lowest BCUT2D eigenvalue weighted by atomic mass is 10.1. The smallest absolute Gasteiger partial charge is 0.337 e. The number of carbonyl (C=O) groups is 2. The van der Waals surface area contributed by atoms with Crippen LogP contribution in [0.5, 0.6) is 0 Å². The monoisotopic (exact) mass is 300 g/mol. The molecule has 0 aliphatic rings. The minimum absolute atomic E-state index is 0.0561. The molecule has 0 bridgehead atoms. The number of halogens is 1. The third-order valence-corrected chi connectivity index (χ3v) is 2.66. The van der Waals surface area contributed by atoms with Gasteiger partial charge >= 0.3 is 12.0 Å². The van der Waals surface area contributed by atoms with Gasteiger partial charge in [0.25, 0.3) is 0 Å². The van der Waals surface area contributed by atoms with Crippen LogP contribution in [0, 0.1) is 0 Å². The number of carboxylic acids is 1. The molecule has 6 nitrogen and oxygen atoms in total. The Hall–Kier alpha value is -1.79. The Bertz CT molecular complexity index is 526. The molecule has 0 saturated carbocycles. The second-order valence-electron chi connectivity index (χ2n) is 5.09. The summed E-state index contributed by atoms with van der Waals surface area (Å²) in [5, 5.41) is 21.5. The summed E-state index contributed by atoms with van der Waals surface area (Å²) in [6.45, 7) is 3.24. The van der Waals surface area contributed by atoms with Crippen molar-refractivity contribution in [3.8, 4) is 0 Å². The van der Waals surface area contributed by atoms with Crippen LogP contribution in [0.2, 0.25) is 5.02 Å². The van der Waals surface area contributed by atoms with Crippen LogP contribution >= 0.6 is 11.6 Å². The van der Waals surface area contributed by atoms with Crippen LogP contribution in [0.4, 0.5) is 10.5 Å². The van der Waals surface area contributed by atoms with Crippen molar-refractivity contribution in [2.24, 2.45) is 0 Å². The number of amides is 2. The molecular formula is C13H17ClN2O4. The highest BCUT2D eigenvalue weighted by Crippen LogP contribution is 2.21. The topological polar surface area (TPSA) is 89.9 Å². The van der Waals surface area contributed by atoms with E-state index in [0.717, 1.165) is 0 Å². The van der Waals surface area contributed by atoms with Crippen molar-refractivity contribution < 1.29 is 19.8 Å². The van der Waals surface area contributed by atoms with Crippen molar-refractivity contribution in [3.05, 3.63) is 28.8 Å². The second kappa shape index (κ2) is 6.11. The fourth-order valence-electron chi connectivity index (χ4n) is 1.67. The van der Waals surface area contributed by atoms with Gasteiger partial charge in [0.15, 0.2) is 0 Å². The third-order valence-electron chi connectivity index (χ3n) is 2.42. The molecule has 7 heteroatoms. The SMILES string of the molecule is CN(CC(C)(C)O)C(=O)Nc1cc(Cl)ccc1C(=O)O. The summed E-state index contributed by atoms with van der Waals surface area (Å²) in [4.78, 5) is 24.3. The predicted octanol–water partition coefficient (Wildman–Crippen LogP) is 2.27. The molecule has 0 saturated heterocycles. The lowest BCUT2D eigenvalue weighted by molar-refractivity contribution is 0.0550. The number of hydrogen-bond donors (Lipinski definition) is 3. The van der Waals surface area contributed by atoms with Crippen LogP contribution in [0.15, 0.2) is 18.2 Å². The van der Waals surface area contributed by atoms with Crippen LogP contribution in [-0.2, 0) is 0 Å². The first kappa shape index (κ1) is 16.3. The Kier molecular flexibility index (Phi) is 4.97. The maximum Gasteiger partial charge on any atom is 0.337 e. The Morgan fingerprint density at radius 3 is 2.50 bits per heavy atom. The van der Waals surface area contributed by atoms with E-state index in [-0.39, 0.29) is 17.8 Å². The maximum atomic E-state index is 11.9. The molecule has 110 valence electrons.